The first-order valence-electron chi connectivity index (χ1n) is 6.02. The zero-order valence-electron chi connectivity index (χ0n) is 11.5. The maximum Gasteiger partial charge on any atom is 0.435 e. The van der Waals surface area contributed by atoms with Crippen LogP contribution < -0.4 is 4.74 Å². The molecule has 1 aromatic heterocycles. The molecule has 2 heterocycles. The van der Waals surface area contributed by atoms with E-state index in [4.69, 9.17) is 0 Å². The number of sulfone groups is 1. The molecule has 0 atom stereocenters. The largest absolute Gasteiger partial charge is 0.435 e. The molecule has 0 unspecified atom stereocenters. The first-order chi connectivity index (χ1) is 10.5. The van der Waals surface area contributed by atoms with Crippen molar-refractivity contribution >= 4 is 14.9 Å². The van der Waals surface area contributed by atoms with Gasteiger partial charge in [0, 0.05) is 13.5 Å². The Morgan fingerprint density at radius 2 is 2.04 bits per heavy atom. The van der Waals surface area contributed by atoms with Crippen LogP contribution in [0.4, 0.5) is 22.0 Å². The van der Waals surface area contributed by atoms with Gasteiger partial charge in [0.25, 0.3) is 0 Å². The van der Waals surface area contributed by atoms with Gasteiger partial charge in [-0.05, 0) is 0 Å². The minimum absolute atomic E-state index is 0.0336. The van der Waals surface area contributed by atoms with E-state index >= 15 is 0 Å². The zero-order chi connectivity index (χ0) is 17.4. The molecule has 7 nitrogen and oxygen atoms in total. The summed E-state index contributed by atoms with van der Waals surface area (Å²) in [7, 11) is -3.36. The minimum Gasteiger partial charge on any atom is -0.417 e. The molecule has 13 heteroatoms. The maximum absolute atomic E-state index is 13.0. The molecule has 0 saturated carbocycles. The van der Waals surface area contributed by atoms with Crippen LogP contribution in [0.25, 0.3) is 0 Å². The van der Waals surface area contributed by atoms with Crippen molar-refractivity contribution in [3.63, 3.8) is 0 Å². The summed E-state index contributed by atoms with van der Waals surface area (Å²) >= 11 is 0. The van der Waals surface area contributed by atoms with Gasteiger partial charge >= 0.3 is 12.8 Å². The molecule has 0 aliphatic carbocycles. The van der Waals surface area contributed by atoms with Gasteiger partial charge in [-0.15, -0.1) is 0 Å². The number of ether oxygens (including phenoxy) is 1. The van der Waals surface area contributed by atoms with Crippen molar-refractivity contribution in [3.05, 3.63) is 11.3 Å². The molecule has 0 spiro atoms. The van der Waals surface area contributed by atoms with E-state index in [1.807, 2.05) is 0 Å². The van der Waals surface area contributed by atoms with E-state index in [0.717, 1.165) is 7.05 Å². The molecular formula is C10H10F5N3O4S. The van der Waals surface area contributed by atoms with Crippen LogP contribution in [0, 0.1) is 0 Å². The molecule has 0 aromatic carbocycles. The fraction of sp³-hybridized carbons (Fsp3) is 0.600. The summed E-state index contributed by atoms with van der Waals surface area (Å²) in [6.07, 6.45) is -5.16. The predicted molar refractivity (Wildman–Crippen MR) is 65.5 cm³/mol. The van der Waals surface area contributed by atoms with Crippen LogP contribution in [-0.4, -0.2) is 36.5 Å². The minimum atomic E-state index is -5.04. The number of rotatable bonds is 4. The van der Waals surface area contributed by atoms with E-state index in [2.05, 4.69) is 19.8 Å². The number of aromatic nitrogens is 2. The summed E-state index contributed by atoms with van der Waals surface area (Å²) in [5.74, 6) is -2.21. The lowest BCUT2D eigenvalue weighted by atomic mass is 10.2. The van der Waals surface area contributed by atoms with Gasteiger partial charge in [0.2, 0.25) is 5.88 Å². The molecule has 0 fully saturated rings. The van der Waals surface area contributed by atoms with Crippen LogP contribution in [-0.2, 0) is 33.7 Å². The summed E-state index contributed by atoms with van der Waals surface area (Å²) in [4.78, 5) is 4.49. The number of hydrogen-bond donors (Lipinski definition) is 0. The molecule has 2 rings (SSSR count). The van der Waals surface area contributed by atoms with Crippen molar-refractivity contribution < 1.29 is 39.9 Å². The van der Waals surface area contributed by atoms with Gasteiger partial charge in [0.15, 0.2) is 20.6 Å². The predicted octanol–water partition coefficient (Wildman–Crippen LogP) is 1.69. The van der Waals surface area contributed by atoms with Crippen molar-refractivity contribution in [2.24, 2.45) is 12.2 Å². The Balaban J connectivity index is 2.50. The third-order valence-corrected chi connectivity index (χ3v) is 4.49. The second kappa shape index (κ2) is 5.94. The summed E-state index contributed by atoms with van der Waals surface area (Å²) in [6.45, 7) is -3.48. The molecular weight excluding hydrogens is 353 g/mol. The summed E-state index contributed by atoms with van der Waals surface area (Å²) < 4.78 is 92.2. The highest BCUT2D eigenvalue weighted by atomic mass is 32.2. The lowest BCUT2D eigenvalue weighted by Gasteiger charge is -2.09. The van der Waals surface area contributed by atoms with Crippen molar-refractivity contribution in [1.82, 2.24) is 9.78 Å². The molecule has 0 N–H and O–H groups in total. The lowest BCUT2D eigenvalue weighted by molar-refractivity contribution is -0.142. The van der Waals surface area contributed by atoms with E-state index in [-0.39, 0.29) is 13.0 Å². The smallest absolute Gasteiger partial charge is 0.417 e. The van der Waals surface area contributed by atoms with Crippen LogP contribution in [0.5, 0.6) is 5.88 Å². The fourth-order valence-electron chi connectivity index (χ4n) is 1.92. The van der Waals surface area contributed by atoms with E-state index in [1.54, 1.807) is 0 Å². The number of alkyl halides is 5. The van der Waals surface area contributed by atoms with Crippen LogP contribution in [0.15, 0.2) is 5.16 Å². The molecule has 0 radical (unpaired) electrons. The molecule has 0 amide bonds. The van der Waals surface area contributed by atoms with Gasteiger partial charge in [0.05, 0.1) is 11.3 Å². The Morgan fingerprint density at radius 3 is 2.52 bits per heavy atom. The average molecular weight is 363 g/mol. The fourth-order valence-corrected chi connectivity index (χ4v) is 3.29. The number of halogens is 5. The van der Waals surface area contributed by atoms with Gasteiger partial charge in [0.1, 0.15) is 6.61 Å². The number of hydrogen-bond acceptors (Lipinski definition) is 6. The van der Waals surface area contributed by atoms with Crippen LogP contribution in [0.3, 0.4) is 0 Å². The van der Waals surface area contributed by atoms with Gasteiger partial charge in [-0.3, -0.25) is 0 Å². The molecule has 0 saturated heterocycles. The van der Waals surface area contributed by atoms with E-state index in [0.29, 0.717) is 4.68 Å². The molecule has 23 heavy (non-hydrogen) atoms. The van der Waals surface area contributed by atoms with Crippen molar-refractivity contribution in [3.8, 4) is 5.88 Å². The monoisotopic (exact) mass is 363 g/mol. The van der Waals surface area contributed by atoms with E-state index in [1.165, 1.54) is 0 Å². The number of aryl methyl sites for hydroxylation is 1. The number of oxime groups is 1. The summed E-state index contributed by atoms with van der Waals surface area (Å²) in [5, 5.41) is 5.81. The quantitative estimate of drug-likeness (QED) is 0.761. The zero-order valence-corrected chi connectivity index (χ0v) is 12.3. The Kier molecular flexibility index (Phi) is 4.50. The Morgan fingerprint density at radius 1 is 1.39 bits per heavy atom. The summed E-state index contributed by atoms with van der Waals surface area (Å²) in [5.41, 5.74) is -2.62. The van der Waals surface area contributed by atoms with Crippen LogP contribution >= 0.6 is 0 Å². The topological polar surface area (TPSA) is 82.8 Å². The standard InChI is InChI=1S/C10H10F5N3O4S/c1-18-8(22-9(11)12)5(7(16-18)10(13,14)15)4-23(19,20)6-2-3-21-17-6/h9H,2-4H2,1H3. The Bertz CT molecular complexity index is 726. The highest BCUT2D eigenvalue weighted by molar-refractivity contribution is 8.05. The molecule has 130 valence electrons. The summed E-state index contributed by atoms with van der Waals surface area (Å²) in [6, 6.07) is 0. The average Bonchev–Trinajstić information content (AvgIpc) is 3.00. The maximum atomic E-state index is 13.0. The Labute approximate surface area is 126 Å². The molecule has 1 aliphatic rings. The highest BCUT2D eigenvalue weighted by Gasteiger charge is 2.42. The highest BCUT2D eigenvalue weighted by Crippen LogP contribution is 2.37. The van der Waals surface area contributed by atoms with E-state index in [9.17, 15) is 30.4 Å². The number of nitrogens with zero attached hydrogens (tertiary/aromatic N) is 3. The van der Waals surface area contributed by atoms with Crippen molar-refractivity contribution in [2.45, 2.75) is 25.0 Å². The van der Waals surface area contributed by atoms with Gasteiger partial charge < -0.3 is 9.57 Å². The van der Waals surface area contributed by atoms with Gasteiger partial charge in [-0.1, -0.05) is 5.16 Å². The first kappa shape index (κ1) is 17.4. The lowest BCUT2D eigenvalue weighted by Crippen LogP contribution is -2.19. The Hall–Kier alpha value is -1.92. The third kappa shape index (κ3) is 3.71. The second-order valence-electron chi connectivity index (χ2n) is 4.46. The van der Waals surface area contributed by atoms with Gasteiger partial charge in [-0.25, -0.2) is 13.1 Å². The molecule has 1 aromatic rings. The van der Waals surface area contributed by atoms with Crippen molar-refractivity contribution in [2.75, 3.05) is 6.61 Å². The molecule has 1 aliphatic heterocycles. The SMILES string of the molecule is Cn1nc(C(F)(F)F)c(CS(=O)(=O)C2=NOCC2)c1OC(F)F. The second-order valence-corrected chi connectivity index (χ2v) is 6.45. The first-order valence-corrected chi connectivity index (χ1v) is 7.67. The normalized spacial score (nSPS) is 15.7. The molecule has 0 bridgehead atoms. The van der Waals surface area contributed by atoms with Gasteiger partial charge in [-0.2, -0.15) is 27.1 Å². The van der Waals surface area contributed by atoms with Crippen molar-refractivity contribution in [1.29, 1.82) is 0 Å². The van der Waals surface area contributed by atoms with E-state index < -0.39 is 50.6 Å². The van der Waals surface area contributed by atoms with Crippen LogP contribution in [0.2, 0.25) is 0 Å². The third-order valence-electron chi connectivity index (χ3n) is 2.82. The van der Waals surface area contributed by atoms with Crippen LogP contribution in [0.1, 0.15) is 17.7 Å².